The van der Waals surface area contributed by atoms with Crippen LogP contribution in [0.4, 0.5) is 5.95 Å². The van der Waals surface area contributed by atoms with Gasteiger partial charge in [-0.2, -0.15) is 0 Å². The van der Waals surface area contributed by atoms with Crippen molar-refractivity contribution in [3.05, 3.63) is 66.2 Å². The van der Waals surface area contributed by atoms with Gasteiger partial charge in [0, 0.05) is 32.0 Å². The first-order valence-electron chi connectivity index (χ1n) is 8.94. The molecule has 0 amide bonds. The zero-order valence-electron chi connectivity index (χ0n) is 14.5. The quantitative estimate of drug-likeness (QED) is 0.759. The Hall–Kier alpha value is -2.80. The number of aromatic nitrogens is 5. The van der Waals surface area contributed by atoms with Crippen LogP contribution in [0.3, 0.4) is 0 Å². The summed E-state index contributed by atoms with van der Waals surface area (Å²) in [7, 11) is 0. The van der Waals surface area contributed by atoms with E-state index >= 15 is 0 Å². The van der Waals surface area contributed by atoms with Crippen molar-refractivity contribution >= 4 is 5.95 Å². The number of rotatable bonds is 5. The van der Waals surface area contributed by atoms with Crippen LogP contribution in [0.25, 0.3) is 0 Å². The molecule has 0 bridgehead atoms. The molecule has 134 valence electrons. The Morgan fingerprint density at radius 2 is 1.77 bits per heavy atom. The van der Waals surface area contributed by atoms with Gasteiger partial charge in [-0.1, -0.05) is 35.5 Å². The molecule has 1 atom stereocenters. The molecule has 26 heavy (non-hydrogen) atoms. The standard InChI is InChI=1S/C19H22N6O/c26-18(16-5-2-1-3-6-16)17-14-25(23-22-17)13-15-7-11-24(12-8-15)19-20-9-4-10-21-19/h1-6,9-10,14-15,18,26H,7-8,11-13H2. The van der Waals surface area contributed by atoms with Gasteiger partial charge in [0.05, 0.1) is 6.20 Å². The van der Waals surface area contributed by atoms with Crippen molar-refractivity contribution in [1.29, 1.82) is 0 Å². The third kappa shape index (κ3) is 3.72. The first kappa shape index (κ1) is 16.7. The average Bonchev–Trinajstić information content (AvgIpc) is 3.18. The fourth-order valence-electron chi connectivity index (χ4n) is 3.37. The van der Waals surface area contributed by atoms with Gasteiger partial charge in [-0.15, -0.1) is 5.10 Å². The zero-order valence-corrected chi connectivity index (χ0v) is 14.5. The lowest BCUT2D eigenvalue weighted by atomic mass is 9.97. The van der Waals surface area contributed by atoms with Crippen LogP contribution in [0.1, 0.15) is 30.2 Å². The highest BCUT2D eigenvalue weighted by Gasteiger charge is 2.22. The number of hydrogen-bond donors (Lipinski definition) is 1. The monoisotopic (exact) mass is 350 g/mol. The van der Waals surface area contributed by atoms with E-state index in [2.05, 4.69) is 25.2 Å². The Labute approximate surface area is 152 Å². The molecule has 7 nitrogen and oxygen atoms in total. The Bertz CT molecular complexity index is 814. The lowest BCUT2D eigenvalue weighted by molar-refractivity contribution is 0.215. The lowest BCUT2D eigenvalue weighted by Crippen LogP contribution is -2.36. The zero-order chi connectivity index (χ0) is 17.8. The number of hydrogen-bond acceptors (Lipinski definition) is 6. The minimum absolute atomic E-state index is 0.540. The molecule has 1 saturated heterocycles. The maximum absolute atomic E-state index is 10.4. The molecule has 4 rings (SSSR count). The van der Waals surface area contributed by atoms with Gasteiger partial charge in [-0.05, 0) is 30.4 Å². The van der Waals surface area contributed by atoms with E-state index in [-0.39, 0.29) is 0 Å². The van der Waals surface area contributed by atoms with Gasteiger partial charge in [0.25, 0.3) is 0 Å². The molecular weight excluding hydrogens is 328 g/mol. The van der Waals surface area contributed by atoms with Gasteiger partial charge in [0.1, 0.15) is 11.8 Å². The van der Waals surface area contributed by atoms with Crippen molar-refractivity contribution in [3.8, 4) is 0 Å². The SMILES string of the molecule is OC(c1ccccc1)c1cn(CC2CCN(c3ncccn3)CC2)nn1. The van der Waals surface area contributed by atoms with E-state index in [1.54, 1.807) is 12.4 Å². The van der Waals surface area contributed by atoms with Gasteiger partial charge < -0.3 is 10.0 Å². The number of piperidine rings is 1. The summed E-state index contributed by atoms with van der Waals surface area (Å²) in [6.07, 6.45) is 6.81. The third-order valence-corrected chi connectivity index (χ3v) is 4.85. The fourth-order valence-corrected chi connectivity index (χ4v) is 3.37. The molecule has 0 spiro atoms. The van der Waals surface area contributed by atoms with E-state index in [1.807, 2.05) is 47.3 Å². The summed E-state index contributed by atoms with van der Waals surface area (Å²) in [6.45, 7) is 2.71. The van der Waals surface area contributed by atoms with Gasteiger partial charge in [-0.3, -0.25) is 4.68 Å². The summed E-state index contributed by atoms with van der Waals surface area (Å²) in [5, 5.41) is 18.8. The van der Waals surface area contributed by atoms with Crippen LogP contribution in [0.2, 0.25) is 0 Å². The van der Waals surface area contributed by atoms with E-state index in [4.69, 9.17) is 0 Å². The molecule has 0 radical (unpaired) electrons. The second kappa shape index (κ2) is 7.61. The molecule has 1 N–H and O–H groups in total. The van der Waals surface area contributed by atoms with Crippen LogP contribution in [0.5, 0.6) is 0 Å². The third-order valence-electron chi connectivity index (χ3n) is 4.85. The summed E-state index contributed by atoms with van der Waals surface area (Å²) < 4.78 is 1.85. The molecule has 3 heterocycles. The second-order valence-electron chi connectivity index (χ2n) is 6.66. The van der Waals surface area contributed by atoms with Gasteiger partial charge in [0.15, 0.2) is 0 Å². The molecule has 0 saturated carbocycles. The lowest BCUT2D eigenvalue weighted by Gasteiger charge is -2.31. The number of aliphatic hydroxyl groups is 1. The molecule has 1 fully saturated rings. The summed E-state index contributed by atoms with van der Waals surface area (Å²) in [5.41, 5.74) is 1.42. The molecule has 1 unspecified atom stereocenters. The highest BCUT2D eigenvalue weighted by atomic mass is 16.3. The predicted octanol–water partition coefficient (Wildman–Crippen LogP) is 2.07. The second-order valence-corrected chi connectivity index (χ2v) is 6.66. The van der Waals surface area contributed by atoms with Crippen molar-refractivity contribution in [2.75, 3.05) is 18.0 Å². The first-order chi connectivity index (χ1) is 12.8. The van der Waals surface area contributed by atoms with Crippen molar-refractivity contribution < 1.29 is 5.11 Å². The molecule has 2 aromatic heterocycles. The molecule has 3 aromatic rings. The number of benzene rings is 1. The normalized spacial score (nSPS) is 16.6. The number of nitrogens with zero attached hydrogens (tertiary/aromatic N) is 6. The Balaban J connectivity index is 1.34. The van der Waals surface area contributed by atoms with E-state index in [0.717, 1.165) is 44.0 Å². The molecule has 1 aromatic carbocycles. The van der Waals surface area contributed by atoms with Crippen LogP contribution in [-0.4, -0.2) is 43.2 Å². The summed E-state index contributed by atoms with van der Waals surface area (Å²) in [6, 6.07) is 11.4. The van der Waals surface area contributed by atoms with Crippen molar-refractivity contribution in [3.63, 3.8) is 0 Å². The maximum Gasteiger partial charge on any atom is 0.225 e. The Kier molecular flexibility index (Phi) is 4.88. The molecule has 1 aliphatic rings. The van der Waals surface area contributed by atoms with Gasteiger partial charge in [-0.25, -0.2) is 9.97 Å². The maximum atomic E-state index is 10.4. The number of aliphatic hydroxyl groups excluding tert-OH is 1. The summed E-state index contributed by atoms with van der Waals surface area (Å²) in [4.78, 5) is 10.9. The highest BCUT2D eigenvalue weighted by Crippen LogP contribution is 2.23. The van der Waals surface area contributed by atoms with E-state index in [0.29, 0.717) is 11.6 Å². The average molecular weight is 350 g/mol. The Morgan fingerprint density at radius 3 is 2.50 bits per heavy atom. The highest BCUT2D eigenvalue weighted by molar-refractivity contribution is 5.28. The van der Waals surface area contributed by atoms with Crippen LogP contribution >= 0.6 is 0 Å². The summed E-state index contributed by atoms with van der Waals surface area (Å²) in [5.74, 6) is 1.35. The minimum atomic E-state index is -0.734. The van der Waals surface area contributed by atoms with Crippen LogP contribution in [0, 0.1) is 5.92 Å². The van der Waals surface area contributed by atoms with E-state index < -0.39 is 6.10 Å². The topological polar surface area (TPSA) is 80.0 Å². The fraction of sp³-hybridized carbons (Fsp3) is 0.368. The van der Waals surface area contributed by atoms with Crippen LogP contribution in [0.15, 0.2) is 55.0 Å². The molecule has 1 aliphatic heterocycles. The summed E-state index contributed by atoms with van der Waals surface area (Å²) >= 11 is 0. The van der Waals surface area contributed by atoms with Crippen molar-refractivity contribution in [2.24, 2.45) is 5.92 Å². The molecule has 7 heteroatoms. The smallest absolute Gasteiger partial charge is 0.225 e. The minimum Gasteiger partial charge on any atom is -0.382 e. The van der Waals surface area contributed by atoms with E-state index in [1.165, 1.54) is 0 Å². The molecular formula is C19H22N6O. The number of anilines is 1. The first-order valence-corrected chi connectivity index (χ1v) is 8.94. The van der Waals surface area contributed by atoms with Gasteiger partial charge in [0.2, 0.25) is 5.95 Å². The van der Waals surface area contributed by atoms with Crippen molar-refractivity contribution in [1.82, 2.24) is 25.0 Å². The van der Waals surface area contributed by atoms with Crippen molar-refractivity contribution in [2.45, 2.75) is 25.5 Å². The predicted molar refractivity (Wildman–Crippen MR) is 97.5 cm³/mol. The molecule has 0 aliphatic carbocycles. The van der Waals surface area contributed by atoms with Crippen LogP contribution < -0.4 is 4.90 Å². The van der Waals surface area contributed by atoms with E-state index in [9.17, 15) is 5.11 Å². The van der Waals surface area contributed by atoms with Gasteiger partial charge >= 0.3 is 0 Å². The largest absolute Gasteiger partial charge is 0.382 e. The van der Waals surface area contributed by atoms with Crippen LogP contribution in [-0.2, 0) is 6.54 Å². The Morgan fingerprint density at radius 1 is 1.04 bits per heavy atom.